The molecule has 6 heteroatoms. The molecule has 0 amide bonds. The minimum Gasteiger partial charge on any atom is -0.306 e. The van der Waals surface area contributed by atoms with E-state index in [1.54, 1.807) is 22.5 Å². The van der Waals surface area contributed by atoms with Gasteiger partial charge in [-0.05, 0) is 56.8 Å². The number of sulfonamides is 1. The Hall–Kier alpha value is -1.56. The van der Waals surface area contributed by atoms with Crippen molar-refractivity contribution in [1.29, 1.82) is 0 Å². The van der Waals surface area contributed by atoms with Gasteiger partial charge in [0.15, 0.2) is 0 Å². The summed E-state index contributed by atoms with van der Waals surface area (Å²) in [6.45, 7) is 3.83. The van der Waals surface area contributed by atoms with Gasteiger partial charge < -0.3 is 4.90 Å². The molecule has 25 heavy (non-hydrogen) atoms. The maximum absolute atomic E-state index is 13.4. The summed E-state index contributed by atoms with van der Waals surface area (Å²) in [5.41, 5.74) is 3.12. The molecule has 1 saturated heterocycles. The van der Waals surface area contributed by atoms with Crippen LogP contribution in [0.15, 0.2) is 47.4 Å². The molecule has 132 valence electrons. The first-order valence-corrected chi connectivity index (χ1v) is 10.3. The van der Waals surface area contributed by atoms with Crippen LogP contribution >= 0.6 is 11.6 Å². The normalized spacial score (nSPS) is 23.4. The highest BCUT2D eigenvalue weighted by atomic mass is 35.5. The second kappa shape index (κ2) is 6.01. The number of piperidine rings is 1. The van der Waals surface area contributed by atoms with Crippen LogP contribution in [0.2, 0.25) is 5.02 Å². The zero-order chi connectivity index (χ0) is 17.8. The summed E-state index contributed by atoms with van der Waals surface area (Å²) in [5.74, 6) is 0.211. The first-order chi connectivity index (χ1) is 11.9. The van der Waals surface area contributed by atoms with Gasteiger partial charge in [0, 0.05) is 17.5 Å². The Bertz CT molecular complexity index is 929. The summed E-state index contributed by atoms with van der Waals surface area (Å²) >= 11 is 6.05. The Balaban J connectivity index is 1.87. The number of anilines is 1. The summed E-state index contributed by atoms with van der Waals surface area (Å²) in [7, 11) is -1.55. The lowest BCUT2D eigenvalue weighted by Gasteiger charge is -2.36. The highest BCUT2D eigenvalue weighted by Crippen LogP contribution is 2.47. The molecule has 0 spiro atoms. The van der Waals surface area contributed by atoms with Crippen molar-refractivity contribution in [2.45, 2.75) is 30.2 Å². The molecular formula is C19H21ClN2O2S. The number of fused-ring (bicyclic) bond motifs is 3. The standard InChI is InChI=1S/C19H21ClN2O2S/c1-13-6-7-18-16(10-13)17-12-21(2)9-8-19(17)22(18)25(23,24)15-5-3-4-14(20)11-15/h3-7,10-11,17,19H,8-9,12H2,1-2H3/t17-,19-/m0/s1. The van der Waals surface area contributed by atoms with Gasteiger partial charge in [0.2, 0.25) is 0 Å². The maximum atomic E-state index is 13.4. The molecule has 0 N–H and O–H groups in total. The van der Waals surface area contributed by atoms with Gasteiger partial charge in [0.1, 0.15) is 0 Å². The van der Waals surface area contributed by atoms with Crippen molar-refractivity contribution in [3.8, 4) is 0 Å². The maximum Gasteiger partial charge on any atom is 0.264 e. The van der Waals surface area contributed by atoms with Gasteiger partial charge in [0.05, 0.1) is 16.6 Å². The fourth-order valence-corrected chi connectivity index (χ4v) is 6.13. The van der Waals surface area contributed by atoms with Crippen LogP contribution in [0.5, 0.6) is 0 Å². The molecule has 0 aliphatic carbocycles. The van der Waals surface area contributed by atoms with Crippen molar-refractivity contribution in [2.75, 3.05) is 24.4 Å². The van der Waals surface area contributed by atoms with E-state index in [0.717, 1.165) is 36.3 Å². The van der Waals surface area contributed by atoms with Crippen LogP contribution in [0.1, 0.15) is 23.5 Å². The predicted molar refractivity (Wildman–Crippen MR) is 101 cm³/mol. The van der Waals surface area contributed by atoms with Gasteiger partial charge >= 0.3 is 0 Å². The van der Waals surface area contributed by atoms with E-state index in [2.05, 4.69) is 24.9 Å². The number of hydrogen-bond donors (Lipinski definition) is 0. The third-order valence-electron chi connectivity index (χ3n) is 5.25. The van der Waals surface area contributed by atoms with Crippen LogP contribution in [-0.4, -0.2) is 39.5 Å². The highest BCUT2D eigenvalue weighted by molar-refractivity contribution is 7.92. The minimum absolute atomic E-state index is 0.0306. The smallest absolute Gasteiger partial charge is 0.264 e. The van der Waals surface area contributed by atoms with Crippen LogP contribution in [0.4, 0.5) is 5.69 Å². The number of nitrogens with zero attached hydrogens (tertiary/aromatic N) is 2. The fraction of sp³-hybridized carbons (Fsp3) is 0.368. The number of likely N-dealkylation sites (tertiary alicyclic amines) is 1. The number of benzene rings is 2. The molecule has 2 atom stereocenters. The Morgan fingerprint density at radius 2 is 1.96 bits per heavy atom. The summed E-state index contributed by atoms with van der Waals surface area (Å²) < 4.78 is 28.5. The second-order valence-corrected chi connectivity index (χ2v) is 9.30. The van der Waals surface area contributed by atoms with E-state index in [9.17, 15) is 8.42 Å². The first-order valence-electron chi connectivity index (χ1n) is 8.47. The van der Waals surface area contributed by atoms with Gasteiger partial charge in [-0.2, -0.15) is 0 Å². The van der Waals surface area contributed by atoms with E-state index in [1.165, 1.54) is 6.07 Å². The van der Waals surface area contributed by atoms with E-state index in [-0.39, 0.29) is 16.9 Å². The molecule has 0 saturated carbocycles. The Kier molecular flexibility index (Phi) is 4.06. The van der Waals surface area contributed by atoms with Gasteiger partial charge in [-0.3, -0.25) is 4.31 Å². The second-order valence-electron chi connectivity index (χ2n) is 7.05. The van der Waals surface area contributed by atoms with E-state index in [4.69, 9.17) is 11.6 Å². The van der Waals surface area contributed by atoms with Crippen LogP contribution in [-0.2, 0) is 10.0 Å². The monoisotopic (exact) mass is 376 g/mol. The van der Waals surface area contributed by atoms with Crippen molar-refractivity contribution < 1.29 is 8.42 Å². The van der Waals surface area contributed by atoms with Crippen molar-refractivity contribution in [1.82, 2.24) is 4.90 Å². The van der Waals surface area contributed by atoms with Crippen LogP contribution in [0, 0.1) is 6.92 Å². The molecule has 2 aromatic carbocycles. The quantitative estimate of drug-likeness (QED) is 0.803. The van der Waals surface area contributed by atoms with E-state index < -0.39 is 10.0 Å². The molecule has 0 bridgehead atoms. The van der Waals surface area contributed by atoms with Crippen molar-refractivity contribution in [3.05, 3.63) is 58.6 Å². The SMILES string of the molecule is Cc1ccc2c(c1)[C@@H]1CN(C)CC[C@@H]1N2S(=O)(=O)c1cccc(Cl)c1. The Morgan fingerprint density at radius 1 is 1.16 bits per heavy atom. The zero-order valence-electron chi connectivity index (χ0n) is 14.3. The topological polar surface area (TPSA) is 40.6 Å². The summed E-state index contributed by atoms with van der Waals surface area (Å²) in [4.78, 5) is 2.54. The lowest BCUT2D eigenvalue weighted by Crippen LogP contribution is -2.47. The molecule has 0 radical (unpaired) electrons. The van der Waals surface area contributed by atoms with Gasteiger partial charge in [-0.15, -0.1) is 0 Å². The molecule has 2 aliphatic heterocycles. The fourth-order valence-electron chi connectivity index (χ4n) is 4.09. The Morgan fingerprint density at radius 3 is 2.72 bits per heavy atom. The number of rotatable bonds is 2. The lowest BCUT2D eigenvalue weighted by molar-refractivity contribution is 0.237. The molecule has 4 rings (SSSR count). The average Bonchev–Trinajstić information content (AvgIpc) is 2.88. The molecule has 2 aliphatic rings. The Labute approximate surface area is 154 Å². The number of hydrogen-bond acceptors (Lipinski definition) is 3. The molecule has 2 heterocycles. The third-order valence-corrected chi connectivity index (χ3v) is 7.32. The predicted octanol–water partition coefficient (Wildman–Crippen LogP) is 3.65. The van der Waals surface area contributed by atoms with Crippen LogP contribution in [0.3, 0.4) is 0 Å². The zero-order valence-corrected chi connectivity index (χ0v) is 15.9. The number of halogens is 1. The molecule has 0 aromatic heterocycles. The number of aryl methyl sites for hydroxylation is 1. The van der Waals surface area contributed by atoms with Gasteiger partial charge in [0.25, 0.3) is 10.0 Å². The molecule has 0 unspecified atom stereocenters. The molecule has 2 aromatic rings. The third kappa shape index (κ3) is 2.75. The summed E-state index contributed by atoms with van der Waals surface area (Å²) in [6, 6.07) is 12.6. The molecular weight excluding hydrogens is 356 g/mol. The van der Waals surface area contributed by atoms with E-state index in [0.29, 0.717) is 5.02 Å². The van der Waals surface area contributed by atoms with Gasteiger partial charge in [-0.1, -0.05) is 35.4 Å². The van der Waals surface area contributed by atoms with E-state index in [1.807, 2.05) is 12.1 Å². The van der Waals surface area contributed by atoms with E-state index >= 15 is 0 Å². The van der Waals surface area contributed by atoms with Crippen molar-refractivity contribution >= 4 is 27.3 Å². The minimum atomic E-state index is -3.64. The summed E-state index contributed by atoms with van der Waals surface area (Å²) in [6.07, 6.45) is 0.828. The van der Waals surface area contributed by atoms with Crippen molar-refractivity contribution in [2.24, 2.45) is 0 Å². The largest absolute Gasteiger partial charge is 0.306 e. The summed E-state index contributed by atoms with van der Waals surface area (Å²) in [5, 5.41) is 0.435. The molecule has 4 nitrogen and oxygen atoms in total. The van der Waals surface area contributed by atoms with Crippen LogP contribution < -0.4 is 4.31 Å². The lowest BCUT2D eigenvalue weighted by atomic mass is 9.89. The first kappa shape index (κ1) is 16.9. The van der Waals surface area contributed by atoms with Crippen molar-refractivity contribution in [3.63, 3.8) is 0 Å². The molecule has 1 fully saturated rings. The average molecular weight is 377 g/mol. The van der Waals surface area contributed by atoms with Gasteiger partial charge in [-0.25, -0.2) is 8.42 Å². The van der Waals surface area contributed by atoms with Crippen LogP contribution in [0.25, 0.3) is 0 Å². The number of likely N-dealkylation sites (N-methyl/N-ethyl adjacent to an activating group) is 1. The highest BCUT2D eigenvalue weighted by Gasteiger charge is 2.46.